The van der Waals surface area contributed by atoms with Crippen LogP contribution in [0, 0.1) is 0 Å². The largest absolute Gasteiger partial charge is 0.526 e. The Hall–Kier alpha value is 0.243. The van der Waals surface area contributed by atoms with E-state index >= 15 is 0 Å². The van der Waals surface area contributed by atoms with Gasteiger partial charge in [0.25, 0.3) is 0 Å². The van der Waals surface area contributed by atoms with Crippen molar-refractivity contribution in [2.24, 2.45) is 0 Å². The first-order valence-electron chi connectivity index (χ1n) is 11.7. The Morgan fingerprint density at radius 1 is 0.621 bits per heavy atom. The van der Waals surface area contributed by atoms with E-state index in [0.717, 1.165) is 12.8 Å². The third-order valence-electron chi connectivity index (χ3n) is 5.21. The smallest absolute Gasteiger partial charge is 0.371 e. The van der Waals surface area contributed by atoms with E-state index in [1.54, 1.807) is 0 Å². The van der Waals surface area contributed by atoms with Gasteiger partial charge in [0.1, 0.15) is 0 Å². The fourth-order valence-corrected chi connectivity index (χ4v) is 3.88. The van der Waals surface area contributed by atoms with E-state index in [1.807, 2.05) is 0 Å². The number of carbonyl (C=O) groups is 1. The van der Waals surface area contributed by atoms with Gasteiger partial charge in [-0.3, -0.25) is 14.6 Å². The van der Waals surface area contributed by atoms with Crippen molar-refractivity contribution in [2.45, 2.75) is 135 Å². The number of carbonyl (C=O) groups excluding carboxylic acids is 1. The maximum absolute atomic E-state index is 11.1. The Balaban J connectivity index is 0. The van der Waals surface area contributed by atoms with Crippen molar-refractivity contribution in [3.05, 3.63) is 0 Å². The molecule has 0 aromatic heterocycles. The molecule has 7 heteroatoms. The molecule has 5 nitrogen and oxygen atoms in total. The molecule has 0 aliphatic rings. The summed E-state index contributed by atoms with van der Waals surface area (Å²) in [4.78, 5) is 28.2. The van der Waals surface area contributed by atoms with Crippen LogP contribution in [0.2, 0.25) is 0 Å². The molecule has 0 aliphatic heterocycles. The van der Waals surface area contributed by atoms with E-state index in [0.29, 0.717) is 6.42 Å². The number of phosphoric acid groups is 1. The van der Waals surface area contributed by atoms with Gasteiger partial charge in [-0.05, 0) is 6.42 Å². The van der Waals surface area contributed by atoms with Crippen molar-refractivity contribution < 1.29 is 43.1 Å². The van der Waals surface area contributed by atoms with Gasteiger partial charge in [0.05, 0.1) is 0 Å². The predicted molar refractivity (Wildman–Crippen MR) is 116 cm³/mol. The monoisotopic (exact) mass is 484 g/mol. The van der Waals surface area contributed by atoms with Gasteiger partial charge in [-0.15, -0.1) is 0 Å². The molecule has 0 amide bonds. The molecule has 0 fully saturated rings. The molecule has 0 rings (SSSR count). The molecular weight excluding hydrogens is 441 g/mol. The minimum Gasteiger partial charge on any atom is -0.371 e. The van der Waals surface area contributed by atoms with Gasteiger partial charge in [-0.25, -0.2) is 4.57 Å². The van der Waals surface area contributed by atoms with E-state index in [2.05, 4.69) is 11.4 Å². The quantitative estimate of drug-likeness (QED) is 0.100. The summed E-state index contributed by atoms with van der Waals surface area (Å²) in [6.45, 7) is 2.27. The summed E-state index contributed by atoms with van der Waals surface area (Å²) in [5, 5.41) is 0. The van der Waals surface area contributed by atoms with Crippen LogP contribution in [-0.2, 0) is 33.4 Å². The molecule has 0 heterocycles. The van der Waals surface area contributed by atoms with E-state index in [9.17, 15) is 9.36 Å². The predicted octanol–water partition coefficient (Wildman–Crippen LogP) is 7.44. The first-order valence-corrected chi connectivity index (χ1v) is 13.3. The standard InChI is InChI=1S/C22H45O5P.Zn/c1-2-3-4-5-6-7-8-9-10-11-12-13-14-15-16-17-18-19-20-21-22(23)27-28(24,25)26;/h2-21H2,1H3,(H2,24,25,26);. The first kappa shape index (κ1) is 31.4. The third-order valence-corrected chi connectivity index (χ3v) is 5.65. The maximum Gasteiger partial charge on any atom is 0.526 e. The minimum absolute atomic E-state index is 0. The summed E-state index contributed by atoms with van der Waals surface area (Å²) in [7, 11) is -4.67. The van der Waals surface area contributed by atoms with Crippen LogP contribution in [0.25, 0.3) is 0 Å². The number of phosphoric ester groups is 1. The van der Waals surface area contributed by atoms with Crippen LogP contribution >= 0.6 is 7.82 Å². The van der Waals surface area contributed by atoms with Gasteiger partial charge in [0, 0.05) is 25.9 Å². The summed E-state index contributed by atoms with van der Waals surface area (Å²) >= 11 is 0. The minimum atomic E-state index is -4.67. The topological polar surface area (TPSA) is 83.8 Å². The zero-order valence-corrected chi connectivity index (χ0v) is 22.8. The summed E-state index contributed by atoms with van der Waals surface area (Å²) in [5.74, 6) is -0.805. The van der Waals surface area contributed by atoms with E-state index in [-0.39, 0.29) is 25.9 Å². The molecule has 0 aromatic carbocycles. The average Bonchev–Trinajstić information content (AvgIpc) is 2.62. The maximum atomic E-state index is 11.1. The van der Waals surface area contributed by atoms with Crippen molar-refractivity contribution in [1.82, 2.24) is 0 Å². The molecule has 0 radical (unpaired) electrons. The summed E-state index contributed by atoms with van der Waals surface area (Å²) in [6.07, 6.45) is 24.5. The van der Waals surface area contributed by atoms with Gasteiger partial charge in [0.2, 0.25) is 0 Å². The average molecular weight is 486 g/mol. The molecule has 0 saturated heterocycles. The van der Waals surface area contributed by atoms with Crippen LogP contribution in [-0.4, -0.2) is 15.8 Å². The van der Waals surface area contributed by atoms with Gasteiger partial charge < -0.3 is 4.52 Å². The number of hydrogen-bond donors (Lipinski definition) is 2. The molecule has 170 valence electrons. The molecule has 29 heavy (non-hydrogen) atoms. The van der Waals surface area contributed by atoms with Crippen LogP contribution in [0.1, 0.15) is 135 Å². The van der Waals surface area contributed by atoms with Crippen molar-refractivity contribution in [3.63, 3.8) is 0 Å². The molecule has 0 spiro atoms. The fourth-order valence-electron chi connectivity index (χ4n) is 3.53. The van der Waals surface area contributed by atoms with Crippen LogP contribution in [0.5, 0.6) is 0 Å². The van der Waals surface area contributed by atoms with Crippen LogP contribution < -0.4 is 0 Å². The van der Waals surface area contributed by atoms with Gasteiger partial charge in [-0.2, -0.15) is 0 Å². The normalized spacial score (nSPS) is 11.3. The molecule has 0 bridgehead atoms. The van der Waals surface area contributed by atoms with E-state index in [1.165, 1.54) is 103 Å². The Bertz CT molecular complexity index is 401. The molecule has 2 N–H and O–H groups in total. The Morgan fingerprint density at radius 3 is 1.17 bits per heavy atom. The molecular formula is C22H45O5PZn. The SMILES string of the molecule is CCCCCCCCCCCCCCCCCCCCCC(=O)OP(=O)(O)O.[Zn]. The van der Waals surface area contributed by atoms with Crippen molar-refractivity contribution in [2.75, 3.05) is 0 Å². The Morgan fingerprint density at radius 2 is 0.897 bits per heavy atom. The second kappa shape index (κ2) is 22.9. The van der Waals surface area contributed by atoms with Crippen LogP contribution in [0.15, 0.2) is 0 Å². The number of unbranched alkanes of at least 4 members (excludes halogenated alkanes) is 18. The zero-order valence-electron chi connectivity index (χ0n) is 18.9. The summed E-state index contributed by atoms with van der Waals surface area (Å²) in [5.41, 5.74) is 0. The van der Waals surface area contributed by atoms with Crippen molar-refractivity contribution in [3.8, 4) is 0 Å². The molecule has 0 aliphatic carbocycles. The number of hydrogen-bond acceptors (Lipinski definition) is 3. The van der Waals surface area contributed by atoms with Crippen LogP contribution in [0.3, 0.4) is 0 Å². The Kier molecular flexibility index (Phi) is 24.8. The van der Waals surface area contributed by atoms with Gasteiger partial charge >= 0.3 is 13.8 Å². The summed E-state index contributed by atoms with van der Waals surface area (Å²) < 4.78 is 14.5. The molecule has 0 atom stereocenters. The van der Waals surface area contributed by atoms with Crippen LogP contribution in [0.4, 0.5) is 0 Å². The molecule has 0 aromatic rings. The van der Waals surface area contributed by atoms with E-state index in [4.69, 9.17) is 9.79 Å². The molecule has 0 unspecified atom stereocenters. The van der Waals surface area contributed by atoms with Crippen molar-refractivity contribution >= 4 is 13.8 Å². The zero-order chi connectivity index (χ0) is 20.9. The van der Waals surface area contributed by atoms with Gasteiger partial charge in [0.15, 0.2) is 0 Å². The van der Waals surface area contributed by atoms with Crippen molar-refractivity contribution in [1.29, 1.82) is 0 Å². The second-order valence-corrected chi connectivity index (χ2v) is 9.23. The Labute approximate surface area is 192 Å². The molecule has 0 saturated carbocycles. The van der Waals surface area contributed by atoms with E-state index < -0.39 is 13.8 Å². The first-order chi connectivity index (χ1) is 13.5. The number of rotatable bonds is 21. The second-order valence-electron chi connectivity index (χ2n) is 8.07. The van der Waals surface area contributed by atoms with Gasteiger partial charge in [-0.1, -0.05) is 122 Å². The third kappa shape index (κ3) is 28.2. The summed E-state index contributed by atoms with van der Waals surface area (Å²) in [6, 6.07) is 0. The fraction of sp³-hybridized carbons (Fsp3) is 0.955.